The number of nitrogens with zero attached hydrogens (tertiary/aromatic N) is 1. The summed E-state index contributed by atoms with van der Waals surface area (Å²) in [5.74, 6) is 0.597. The summed E-state index contributed by atoms with van der Waals surface area (Å²) < 4.78 is 6.49. The van der Waals surface area contributed by atoms with Gasteiger partial charge in [-0.1, -0.05) is 17.7 Å². The summed E-state index contributed by atoms with van der Waals surface area (Å²) in [5, 5.41) is 7.72. The fourth-order valence-electron chi connectivity index (χ4n) is 4.24. The van der Waals surface area contributed by atoms with Gasteiger partial charge >= 0.3 is 0 Å². The fourth-order valence-corrected chi connectivity index (χ4v) is 4.43. The standard InChI is InChI=1S/C27H28ClN3O2/c1-14-11-20(17(4)30-23-9-10-24(28)31-18(23)5)27-21(12-14)25(32)16(3)26(33-27)19-7-8-22(29-6)15(2)13-19/h7-13,17,29-30H,1-6H3. The van der Waals surface area contributed by atoms with Crippen LogP contribution in [0.5, 0.6) is 0 Å². The van der Waals surface area contributed by atoms with E-state index < -0.39 is 0 Å². The smallest absolute Gasteiger partial charge is 0.196 e. The number of hydrogen-bond donors (Lipinski definition) is 2. The van der Waals surface area contributed by atoms with Gasteiger partial charge in [-0.2, -0.15) is 0 Å². The number of hydrogen-bond acceptors (Lipinski definition) is 5. The van der Waals surface area contributed by atoms with Crippen molar-refractivity contribution in [3.8, 4) is 11.3 Å². The first kappa shape index (κ1) is 22.9. The molecule has 2 N–H and O–H groups in total. The maximum Gasteiger partial charge on any atom is 0.196 e. The number of nitrogens with one attached hydrogen (secondary N) is 2. The van der Waals surface area contributed by atoms with Crippen molar-refractivity contribution >= 4 is 33.9 Å². The monoisotopic (exact) mass is 461 g/mol. The number of benzene rings is 2. The van der Waals surface area contributed by atoms with Crippen molar-refractivity contribution < 1.29 is 4.42 Å². The van der Waals surface area contributed by atoms with Crippen molar-refractivity contribution in [1.82, 2.24) is 4.98 Å². The molecule has 0 bridgehead atoms. The first-order valence-corrected chi connectivity index (χ1v) is 11.3. The Kier molecular flexibility index (Phi) is 6.17. The van der Waals surface area contributed by atoms with E-state index in [0.29, 0.717) is 27.4 Å². The number of anilines is 2. The molecule has 4 aromatic rings. The number of pyridine rings is 1. The Morgan fingerprint density at radius 3 is 2.39 bits per heavy atom. The van der Waals surface area contributed by atoms with Crippen LogP contribution in [0.1, 0.15) is 40.9 Å². The molecule has 170 valence electrons. The minimum absolute atomic E-state index is 0.0110. The molecular weight excluding hydrogens is 434 g/mol. The second-order valence-electron chi connectivity index (χ2n) is 8.53. The molecule has 0 radical (unpaired) electrons. The SMILES string of the molecule is CNc1ccc(-c2oc3c(C(C)Nc4ccc(Cl)nc4C)cc(C)cc3c(=O)c2C)cc1C. The summed E-state index contributed by atoms with van der Waals surface area (Å²) in [5.41, 5.74) is 7.82. The van der Waals surface area contributed by atoms with Crippen LogP contribution in [-0.4, -0.2) is 12.0 Å². The molecule has 0 spiro atoms. The Balaban J connectivity index is 1.88. The molecule has 0 amide bonds. The lowest BCUT2D eigenvalue weighted by atomic mass is 9.98. The normalized spacial score (nSPS) is 12.1. The minimum Gasteiger partial charge on any atom is -0.455 e. The molecule has 0 aliphatic rings. The second kappa shape index (κ2) is 8.91. The zero-order valence-corrected chi connectivity index (χ0v) is 20.5. The zero-order valence-electron chi connectivity index (χ0n) is 19.8. The molecule has 0 saturated carbocycles. The molecule has 2 heterocycles. The molecule has 4 rings (SSSR count). The van der Waals surface area contributed by atoms with E-state index in [1.165, 1.54) is 0 Å². The Bertz CT molecular complexity index is 1430. The summed E-state index contributed by atoms with van der Waals surface area (Å²) in [7, 11) is 1.89. The van der Waals surface area contributed by atoms with E-state index in [1.807, 2.05) is 72.0 Å². The van der Waals surface area contributed by atoms with Gasteiger partial charge in [0.15, 0.2) is 5.43 Å². The lowest BCUT2D eigenvalue weighted by Crippen LogP contribution is -2.13. The molecule has 2 aromatic carbocycles. The molecule has 5 nitrogen and oxygen atoms in total. The van der Waals surface area contributed by atoms with E-state index >= 15 is 0 Å². The van der Waals surface area contributed by atoms with Crippen LogP contribution in [0.4, 0.5) is 11.4 Å². The summed E-state index contributed by atoms with van der Waals surface area (Å²) in [6.07, 6.45) is 0. The number of halogens is 1. The predicted octanol–water partition coefficient (Wildman–Crippen LogP) is 6.96. The molecule has 0 fully saturated rings. The van der Waals surface area contributed by atoms with Crippen LogP contribution >= 0.6 is 11.6 Å². The van der Waals surface area contributed by atoms with Crippen molar-refractivity contribution in [2.45, 2.75) is 40.7 Å². The molecule has 0 aliphatic heterocycles. The third-order valence-electron chi connectivity index (χ3n) is 6.04. The highest BCUT2D eigenvalue weighted by molar-refractivity contribution is 6.29. The van der Waals surface area contributed by atoms with E-state index in [2.05, 4.69) is 21.7 Å². The Labute approximate surface area is 198 Å². The molecule has 0 saturated heterocycles. The molecule has 6 heteroatoms. The van der Waals surface area contributed by atoms with Gasteiger partial charge in [0.05, 0.1) is 22.8 Å². The summed E-state index contributed by atoms with van der Waals surface area (Å²) in [6.45, 7) is 9.82. The second-order valence-corrected chi connectivity index (χ2v) is 8.92. The van der Waals surface area contributed by atoms with E-state index in [4.69, 9.17) is 16.0 Å². The van der Waals surface area contributed by atoms with Gasteiger partial charge in [0.25, 0.3) is 0 Å². The number of rotatable bonds is 5. The Morgan fingerprint density at radius 1 is 1.00 bits per heavy atom. The van der Waals surface area contributed by atoms with Gasteiger partial charge in [-0.3, -0.25) is 4.79 Å². The lowest BCUT2D eigenvalue weighted by molar-refractivity contribution is 0.605. The highest BCUT2D eigenvalue weighted by Gasteiger charge is 2.19. The topological polar surface area (TPSA) is 67.2 Å². The fraction of sp³-hybridized carbons (Fsp3) is 0.259. The quantitative estimate of drug-likeness (QED) is 0.314. The molecule has 1 unspecified atom stereocenters. The molecular formula is C27H28ClN3O2. The largest absolute Gasteiger partial charge is 0.455 e. The highest BCUT2D eigenvalue weighted by Crippen LogP contribution is 2.33. The summed E-state index contributed by atoms with van der Waals surface area (Å²) in [6, 6.07) is 13.5. The van der Waals surface area contributed by atoms with E-state index in [0.717, 1.165) is 39.3 Å². The molecule has 1 atom stereocenters. The van der Waals surface area contributed by atoms with Crippen molar-refractivity contribution in [2.24, 2.45) is 0 Å². The first-order chi connectivity index (χ1) is 15.7. The Hall–Kier alpha value is -3.31. The third kappa shape index (κ3) is 4.33. The summed E-state index contributed by atoms with van der Waals surface area (Å²) in [4.78, 5) is 17.7. The molecule has 2 aromatic heterocycles. The third-order valence-corrected chi connectivity index (χ3v) is 6.25. The molecule has 0 aliphatic carbocycles. The van der Waals surface area contributed by atoms with E-state index in [9.17, 15) is 4.79 Å². The average Bonchev–Trinajstić information content (AvgIpc) is 2.77. The number of aromatic nitrogens is 1. The van der Waals surface area contributed by atoms with Gasteiger partial charge in [0, 0.05) is 29.4 Å². The van der Waals surface area contributed by atoms with Crippen molar-refractivity contribution in [1.29, 1.82) is 0 Å². The first-order valence-electron chi connectivity index (χ1n) is 11.0. The minimum atomic E-state index is -0.124. The van der Waals surface area contributed by atoms with Crippen molar-refractivity contribution in [2.75, 3.05) is 17.7 Å². The predicted molar refractivity (Wildman–Crippen MR) is 138 cm³/mol. The molecule has 33 heavy (non-hydrogen) atoms. The van der Waals surface area contributed by atoms with Gasteiger partial charge in [0.2, 0.25) is 0 Å². The number of aryl methyl sites for hydroxylation is 3. The number of fused-ring (bicyclic) bond motifs is 1. The summed E-state index contributed by atoms with van der Waals surface area (Å²) >= 11 is 6.01. The maximum absolute atomic E-state index is 13.4. The van der Waals surface area contributed by atoms with Crippen molar-refractivity contribution in [3.63, 3.8) is 0 Å². The van der Waals surface area contributed by atoms with E-state index in [-0.39, 0.29) is 11.5 Å². The van der Waals surface area contributed by atoms with Crippen molar-refractivity contribution in [3.05, 3.63) is 85.8 Å². The van der Waals surface area contributed by atoms with Crippen LogP contribution in [0.15, 0.2) is 51.7 Å². The lowest BCUT2D eigenvalue weighted by Gasteiger charge is -2.20. The Morgan fingerprint density at radius 2 is 1.73 bits per heavy atom. The van der Waals surface area contributed by atoms with Crippen LogP contribution in [0.3, 0.4) is 0 Å². The van der Waals surface area contributed by atoms with Crippen LogP contribution in [-0.2, 0) is 0 Å². The van der Waals surface area contributed by atoms with Crippen LogP contribution in [0.25, 0.3) is 22.3 Å². The van der Waals surface area contributed by atoms with Crippen LogP contribution in [0.2, 0.25) is 5.15 Å². The maximum atomic E-state index is 13.4. The van der Waals surface area contributed by atoms with Crippen LogP contribution in [0, 0.1) is 27.7 Å². The highest BCUT2D eigenvalue weighted by atomic mass is 35.5. The van der Waals surface area contributed by atoms with Gasteiger partial charge in [-0.05, 0) is 82.1 Å². The van der Waals surface area contributed by atoms with Crippen LogP contribution < -0.4 is 16.1 Å². The zero-order chi connectivity index (χ0) is 23.9. The van der Waals surface area contributed by atoms with Gasteiger partial charge in [-0.15, -0.1) is 0 Å². The van der Waals surface area contributed by atoms with Gasteiger partial charge < -0.3 is 15.1 Å². The average molecular weight is 462 g/mol. The van der Waals surface area contributed by atoms with E-state index in [1.54, 1.807) is 6.07 Å². The van der Waals surface area contributed by atoms with Gasteiger partial charge in [0.1, 0.15) is 16.5 Å². The van der Waals surface area contributed by atoms with Gasteiger partial charge in [-0.25, -0.2) is 4.98 Å².